The van der Waals surface area contributed by atoms with Crippen molar-refractivity contribution in [2.75, 3.05) is 5.32 Å². The first-order chi connectivity index (χ1) is 14.3. The molecule has 3 aromatic carbocycles. The minimum absolute atomic E-state index is 0.0980. The molecule has 0 fully saturated rings. The smallest absolute Gasteiger partial charge is 0.339 e. The number of hydrogen-bond acceptors (Lipinski definition) is 5. The third kappa shape index (κ3) is 4.10. The molecule has 152 valence electrons. The van der Waals surface area contributed by atoms with Crippen molar-refractivity contribution < 1.29 is 22.7 Å². The summed E-state index contributed by atoms with van der Waals surface area (Å²) >= 11 is 0. The lowest BCUT2D eigenvalue weighted by molar-refractivity contribution is 0.0252. The lowest BCUT2D eigenvalue weighted by Crippen LogP contribution is -2.23. The molecule has 1 unspecified atom stereocenters. The van der Waals surface area contributed by atoms with E-state index in [4.69, 9.17) is 9.88 Å². The van der Waals surface area contributed by atoms with Crippen LogP contribution in [0.1, 0.15) is 37.9 Å². The van der Waals surface area contributed by atoms with E-state index in [1.807, 2.05) is 30.3 Å². The second-order valence-electron chi connectivity index (χ2n) is 6.91. The number of fused-ring (bicyclic) bond motifs is 1. The Bertz CT molecular complexity index is 1240. The number of carbonyl (C=O) groups is 2. The van der Waals surface area contributed by atoms with E-state index in [9.17, 15) is 18.0 Å². The van der Waals surface area contributed by atoms with E-state index >= 15 is 0 Å². The quantitative estimate of drug-likeness (QED) is 0.627. The van der Waals surface area contributed by atoms with Crippen LogP contribution in [-0.2, 0) is 21.2 Å². The summed E-state index contributed by atoms with van der Waals surface area (Å²) in [6.07, 6.45) is 0.0311. The number of ether oxygens (including phenoxy) is 1. The van der Waals surface area contributed by atoms with Gasteiger partial charge in [-0.25, -0.2) is 18.4 Å². The molecule has 3 N–H and O–H groups in total. The van der Waals surface area contributed by atoms with Crippen LogP contribution in [0, 0.1) is 0 Å². The molecule has 30 heavy (non-hydrogen) atoms. The van der Waals surface area contributed by atoms with Crippen molar-refractivity contribution in [3.63, 3.8) is 0 Å². The fourth-order valence-electron chi connectivity index (χ4n) is 3.34. The highest BCUT2D eigenvalue weighted by atomic mass is 32.2. The van der Waals surface area contributed by atoms with Gasteiger partial charge in [-0.05, 0) is 47.5 Å². The van der Waals surface area contributed by atoms with E-state index in [0.717, 1.165) is 5.56 Å². The van der Waals surface area contributed by atoms with Crippen molar-refractivity contribution in [3.05, 3.63) is 95.1 Å². The Labute approximate surface area is 173 Å². The molecular weight excluding hydrogens is 404 g/mol. The Morgan fingerprint density at radius 1 is 1.00 bits per heavy atom. The summed E-state index contributed by atoms with van der Waals surface area (Å²) in [7, 11) is -3.88. The Balaban J connectivity index is 1.58. The number of benzene rings is 3. The van der Waals surface area contributed by atoms with Gasteiger partial charge in [-0.2, -0.15) is 0 Å². The summed E-state index contributed by atoms with van der Waals surface area (Å²) in [4.78, 5) is 25.0. The molecule has 0 radical (unpaired) electrons. The summed E-state index contributed by atoms with van der Waals surface area (Å²) < 4.78 is 28.5. The van der Waals surface area contributed by atoms with Crippen LogP contribution in [0.25, 0.3) is 0 Å². The van der Waals surface area contributed by atoms with E-state index in [1.165, 1.54) is 24.3 Å². The maximum Gasteiger partial charge on any atom is 0.339 e. The lowest BCUT2D eigenvalue weighted by Gasteiger charge is -2.25. The van der Waals surface area contributed by atoms with Crippen molar-refractivity contribution in [1.29, 1.82) is 0 Å². The first kappa shape index (κ1) is 19.8. The van der Waals surface area contributed by atoms with E-state index in [1.54, 1.807) is 18.2 Å². The van der Waals surface area contributed by atoms with Gasteiger partial charge in [0.15, 0.2) is 0 Å². The van der Waals surface area contributed by atoms with E-state index < -0.39 is 28.0 Å². The lowest BCUT2D eigenvalue weighted by atomic mass is 9.93. The van der Waals surface area contributed by atoms with Gasteiger partial charge in [0.25, 0.3) is 5.91 Å². The molecule has 3 aromatic rings. The van der Waals surface area contributed by atoms with Crippen molar-refractivity contribution in [2.24, 2.45) is 5.14 Å². The topological polar surface area (TPSA) is 116 Å². The third-order valence-electron chi connectivity index (χ3n) is 4.83. The molecule has 1 aliphatic heterocycles. The molecule has 1 heterocycles. The maximum absolute atomic E-state index is 12.7. The highest BCUT2D eigenvalue weighted by Crippen LogP contribution is 2.31. The zero-order valence-electron chi connectivity index (χ0n) is 15.7. The molecule has 0 bridgehead atoms. The SMILES string of the molecule is NS(=O)(=O)c1cccc(NC(=O)c2ccc3c(c2)CC(c2ccccc2)OC3=O)c1. The van der Waals surface area contributed by atoms with Crippen LogP contribution in [0.5, 0.6) is 0 Å². The number of esters is 1. The Kier molecular flexibility index (Phi) is 5.11. The number of nitrogens with one attached hydrogen (secondary N) is 1. The number of anilines is 1. The van der Waals surface area contributed by atoms with Crippen LogP contribution in [0.15, 0.2) is 77.7 Å². The average Bonchev–Trinajstić information content (AvgIpc) is 2.73. The summed E-state index contributed by atoms with van der Waals surface area (Å²) in [6, 6.07) is 19.8. The van der Waals surface area contributed by atoms with Gasteiger partial charge in [0.05, 0.1) is 10.5 Å². The number of amides is 1. The first-order valence-electron chi connectivity index (χ1n) is 9.14. The molecule has 1 atom stereocenters. The molecule has 1 amide bonds. The number of nitrogens with two attached hydrogens (primary N) is 1. The summed E-state index contributed by atoms with van der Waals surface area (Å²) in [5.74, 6) is -0.863. The van der Waals surface area contributed by atoms with Gasteiger partial charge < -0.3 is 10.1 Å². The number of hydrogen-bond donors (Lipinski definition) is 2. The van der Waals surface area contributed by atoms with Gasteiger partial charge >= 0.3 is 5.97 Å². The monoisotopic (exact) mass is 422 g/mol. The summed E-state index contributed by atoms with van der Waals surface area (Å²) in [6.45, 7) is 0. The number of primary sulfonamides is 1. The van der Waals surface area contributed by atoms with Crippen molar-refractivity contribution >= 4 is 27.6 Å². The highest BCUT2D eigenvalue weighted by Gasteiger charge is 2.28. The standard InChI is InChI=1S/C22H18N2O5S/c23-30(27,28)18-8-4-7-17(13-18)24-21(25)15-9-10-19-16(11-15)12-20(29-22(19)26)14-5-2-1-3-6-14/h1-11,13,20H,12H2,(H,24,25)(H2,23,27,28). The van der Waals surface area contributed by atoms with Crippen LogP contribution in [0.4, 0.5) is 5.69 Å². The maximum atomic E-state index is 12.7. The van der Waals surface area contributed by atoms with Crippen LogP contribution < -0.4 is 10.5 Å². The van der Waals surface area contributed by atoms with E-state index in [-0.39, 0.29) is 4.90 Å². The van der Waals surface area contributed by atoms with Crippen molar-refractivity contribution in [1.82, 2.24) is 0 Å². The molecule has 0 saturated carbocycles. The molecule has 0 spiro atoms. The number of cyclic esters (lactones) is 1. The van der Waals surface area contributed by atoms with Gasteiger partial charge in [0.1, 0.15) is 6.10 Å². The van der Waals surface area contributed by atoms with E-state index in [2.05, 4.69) is 5.32 Å². The molecule has 8 heteroatoms. The van der Waals surface area contributed by atoms with Gasteiger partial charge in [0.2, 0.25) is 10.0 Å². The van der Waals surface area contributed by atoms with Crippen LogP contribution in [0.3, 0.4) is 0 Å². The summed E-state index contributed by atoms with van der Waals surface area (Å²) in [5.41, 5.74) is 2.66. The predicted molar refractivity (Wildman–Crippen MR) is 111 cm³/mol. The van der Waals surface area contributed by atoms with Gasteiger partial charge in [-0.1, -0.05) is 36.4 Å². The van der Waals surface area contributed by atoms with Crippen molar-refractivity contribution in [3.8, 4) is 0 Å². The minimum Gasteiger partial charge on any atom is -0.454 e. The average molecular weight is 422 g/mol. The van der Waals surface area contributed by atoms with Crippen LogP contribution in [0.2, 0.25) is 0 Å². The molecule has 4 rings (SSSR count). The first-order valence-corrected chi connectivity index (χ1v) is 10.7. The normalized spacial score (nSPS) is 15.8. The van der Waals surface area contributed by atoms with Gasteiger partial charge in [0, 0.05) is 17.7 Å². The Morgan fingerprint density at radius 3 is 2.50 bits per heavy atom. The fourth-order valence-corrected chi connectivity index (χ4v) is 3.90. The van der Waals surface area contributed by atoms with Crippen LogP contribution in [-0.4, -0.2) is 20.3 Å². The second kappa shape index (κ2) is 7.74. The second-order valence-corrected chi connectivity index (χ2v) is 8.47. The van der Waals surface area contributed by atoms with Crippen molar-refractivity contribution in [2.45, 2.75) is 17.4 Å². The van der Waals surface area contributed by atoms with Gasteiger partial charge in [-0.3, -0.25) is 4.79 Å². The molecule has 7 nitrogen and oxygen atoms in total. The zero-order chi connectivity index (χ0) is 21.3. The Morgan fingerprint density at radius 2 is 1.77 bits per heavy atom. The number of carbonyl (C=O) groups excluding carboxylic acids is 2. The molecule has 0 saturated heterocycles. The van der Waals surface area contributed by atoms with E-state index in [0.29, 0.717) is 28.8 Å². The molecule has 0 aromatic heterocycles. The largest absolute Gasteiger partial charge is 0.454 e. The highest BCUT2D eigenvalue weighted by molar-refractivity contribution is 7.89. The summed E-state index contributed by atoms with van der Waals surface area (Å²) in [5, 5.41) is 7.79. The predicted octanol–water partition coefficient (Wildman–Crippen LogP) is 3.04. The van der Waals surface area contributed by atoms with Gasteiger partial charge in [-0.15, -0.1) is 0 Å². The zero-order valence-corrected chi connectivity index (χ0v) is 16.6. The fraction of sp³-hybridized carbons (Fsp3) is 0.0909. The Hall–Kier alpha value is -3.49. The minimum atomic E-state index is -3.88. The number of rotatable bonds is 4. The molecule has 1 aliphatic rings. The molecular formula is C22H18N2O5S. The third-order valence-corrected chi connectivity index (χ3v) is 5.74. The van der Waals surface area contributed by atoms with Crippen LogP contribution >= 0.6 is 0 Å². The number of sulfonamides is 1. The molecule has 0 aliphatic carbocycles.